The van der Waals surface area contributed by atoms with Crippen molar-refractivity contribution in [3.8, 4) is 5.75 Å². The fourth-order valence-electron chi connectivity index (χ4n) is 2.69. The van der Waals surface area contributed by atoms with Gasteiger partial charge in [0.2, 0.25) is 5.91 Å². The first kappa shape index (κ1) is 16.3. The number of anilines is 2. The highest BCUT2D eigenvalue weighted by atomic mass is 35.5. The van der Waals surface area contributed by atoms with Crippen molar-refractivity contribution < 1.29 is 14.3 Å². The first-order valence-electron chi connectivity index (χ1n) is 7.53. The number of nitrogens with zero attached hydrogens (tertiary/aromatic N) is 1. The van der Waals surface area contributed by atoms with Crippen LogP contribution in [-0.4, -0.2) is 25.0 Å². The van der Waals surface area contributed by atoms with Crippen molar-refractivity contribution in [2.24, 2.45) is 0 Å². The van der Waals surface area contributed by atoms with Crippen molar-refractivity contribution in [3.63, 3.8) is 0 Å². The third-order valence-corrected chi connectivity index (χ3v) is 4.17. The van der Waals surface area contributed by atoms with Gasteiger partial charge in [-0.05, 0) is 37.3 Å². The predicted octanol–water partition coefficient (Wildman–Crippen LogP) is 3.40. The van der Waals surface area contributed by atoms with Gasteiger partial charge in [-0.3, -0.25) is 9.59 Å². The van der Waals surface area contributed by atoms with E-state index in [1.165, 1.54) is 12.0 Å². The Morgan fingerprint density at radius 3 is 2.54 bits per heavy atom. The van der Waals surface area contributed by atoms with Gasteiger partial charge in [-0.1, -0.05) is 29.3 Å². The number of methoxy groups -OCH3 is 1. The van der Waals surface area contributed by atoms with Crippen molar-refractivity contribution in [3.05, 3.63) is 53.1 Å². The van der Waals surface area contributed by atoms with E-state index >= 15 is 0 Å². The van der Waals surface area contributed by atoms with Crippen LogP contribution in [0.3, 0.4) is 0 Å². The van der Waals surface area contributed by atoms with Gasteiger partial charge in [-0.2, -0.15) is 0 Å². The topological polar surface area (TPSA) is 58.6 Å². The maximum Gasteiger partial charge on any atom is 0.256 e. The van der Waals surface area contributed by atoms with E-state index in [1.54, 1.807) is 30.3 Å². The van der Waals surface area contributed by atoms with E-state index < -0.39 is 6.04 Å². The van der Waals surface area contributed by atoms with Gasteiger partial charge < -0.3 is 10.1 Å². The van der Waals surface area contributed by atoms with E-state index in [2.05, 4.69) is 5.32 Å². The first-order valence-corrected chi connectivity index (χ1v) is 7.91. The van der Waals surface area contributed by atoms with Crippen LogP contribution in [0.15, 0.2) is 42.5 Å². The van der Waals surface area contributed by atoms with Crippen LogP contribution in [0.1, 0.15) is 12.0 Å². The molecule has 0 saturated carbocycles. The number of halogens is 1. The zero-order valence-corrected chi connectivity index (χ0v) is 14.1. The standard InChI is InChI=1S/C18H17ClN2O3/c1-11-3-6-13(7-4-11)21-17(22)10-15(18(21)23)20-14-9-12(19)5-8-16(14)24-2/h3-9,15,20H,10H2,1-2H3. The fourth-order valence-corrected chi connectivity index (χ4v) is 2.86. The van der Waals surface area contributed by atoms with E-state index in [9.17, 15) is 9.59 Å². The van der Waals surface area contributed by atoms with Gasteiger partial charge in [-0.25, -0.2) is 4.90 Å². The van der Waals surface area contributed by atoms with Crippen LogP contribution in [0.5, 0.6) is 5.75 Å². The lowest BCUT2D eigenvalue weighted by Gasteiger charge is -2.17. The molecule has 0 spiro atoms. The van der Waals surface area contributed by atoms with Crippen LogP contribution in [0.25, 0.3) is 0 Å². The molecule has 0 radical (unpaired) electrons. The number of aryl methyl sites for hydroxylation is 1. The fraction of sp³-hybridized carbons (Fsp3) is 0.222. The molecule has 1 fully saturated rings. The second-order valence-corrected chi connectivity index (χ2v) is 6.09. The molecule has 1 aliphatic rings. The maximum absolute atomic E-state index is 12.7. The molecule has 2 amide bonds. The quantitative estimate of drug-likeness (QED) is 0.864. The predicted molar refractivity (Wildman–Crippen MR) is 93.7 cm³/mol. The Morgan fingerprint density at radius 2 is 1.88 bits per heavy atom. The molecule has 2 aromatic rings. The van der Waals surface area contributed by atoms with Gasteiger partial charge in [0.1, 0.15) is 11.8 Å². The highest BCUT2D eigenvalue weighted by molar-refractivity contribution is 6.31. The van der Waals surface area contributed by atoms with Crippen molar-refractivity contribution in [1.82, 2.24) is 0 Å². The smallest absolute Gasteiger partial charge is 0.256 e. The third-order valence-electron chi connectivity index (χ3n) is 3.93. The summed E-state index contributed by atoms with van der Waals surface area (Å²) in [5, 5.41) is 3.59. The number of hydrogen-bond donors (Lipinski definition) is 1. The number of carbonyl (C=O) groups is 2. The molecule has 0 bridgehead atoms. The molecule has 124 valence electrons. The molecule has 1 heterocycles. The van der Waals surface area contributed by atoms with Gasteiger partial charge in [0, 0.05) is 5.02 Å². The molecular weight excluding hydrogens is 328 g/mol. The van der Waals surface area contributed by atoms with Crippen LogP contribution in [-0.2, 0) is 9.59 Å². The average molecular weight is 345 g/mol. The van der Waals surface area contributed by atoms with Crippen molar-refractivity contribution >= 4 is 34.8 Å². The summed E-state index contributed by atoms with van der Waals surface area (Å²) >= 11 is 6.01. The Morgan fingerprint density at radius 1 is 1.17 bits per heavy atom. The number of amides is 2. The van der Waals surface area contributed by atoms with E-state index in [0.29, 0.717) is 22.1 Å². The van der Waals surface area contributed by atoms with E-state index in [4.69, 9.17) is 16.3 Å². The number of ether oxygens (including phenoxy) is 1. The van der Waals surface area contributed by atoms with Gasteiger partial charge in [0.05, 0.1) is 24.9 Å². The maximum atomic E-state index is 12.7. The van der Waals surface area contributed by atoms with E-state index in [0.717, 1.165) is 5.56 Å². The zero-order chi connectivity index (χ0) is 17.3. The summed E-state index contributed by atoms with van der Waals surface area (Å²) in [6.45, 7) is 1.95. The van der Waals surface area contributed by atoms with Crippen LogP contribution in [0.4, 0.5) is 11.4 Å². The molecule has 3 rings (SSSR count). The van der Waals surface area contributed by atoms with Crippen LogP contribution in [0, 0.1) is 6.92 Å². The summed E-state index contributed by atoms with van der Waals surface area (Å²) in [6, 6.07) is 11.7. The number of rotatable bonds is 4. The Kier molecular flexibility index (Phi) is 4.44. The molecule has 1 N–H and O–H groups in total. The number of carbonyl (C=O) groups excluding carboxylic acids is 2. The van der Waals surface area contributed by atoms with Crippen molar-refractivity contribution in [2.45, 2.75) is 19.4 Å². The van der Waals surface area contributed by atoms with Crippen molar-refractivity contribution in [1.29, 1.82) is 0 Å². The lowest BCUT2D eigenvalue weighted by atomic mass is 10.2. The number of imide groups is 1. The summed E-state index contributed by atoms with van der Waals surface area (Å²) in [6.07, 6.45) is 0.0857. The largest absolute Gasteiger partial charge is 0.495 e. The van der Waals surface area contributed by atoms with Gasteiger partial charge in [0.15, 0.2) is 0 Å². The van der Waals surface area contributed by atoms with Crippen LogP contribution in [0.2, 0.25) is 5.02 Å². The number of nitrogens with one attached hydrogen (secondary N) is 1. The molecule has 0 aromatic heterocycles. The Hall–Kier alpha value is -2.53. The van der Waals surface area contributed by atoms with E-state index in [1.807, 2.05) is 19.1 Å². The molecule has 5 nitrogen and oxygen atoms in total. The second kappa shape index (κ2) is 6.53. The molecule has 2 aromatic carbocycles. The highest BCUT2D eigenvalue weighted by Gasteiger charge is 2.39. The summed E-state index contributed by atoms with van der Waals surface area (Å²) in [5.41, 5.74) is 2.23. The molecule has 1 unspecified atom stereocenters. The van der Waals surface area contributed by atoms with Gasteiger partial charge in [0.25, 0.3) is 5.91 Å². The van der Waals surface area contributed by atoms with E-state index in [-0.39, 0.29) is 18.2 Å². The van der Waals surface area contributed by atoms with Gasteiger partial charge in [-0.15, -0.1) is 0 Å². The zero-order valence-electron chi connectivity index (χ0n) is 13.4. The van der Waals surface area contributed by atoms with Crippen LogP contribution >= 0.6 is 11.6 Å². The summed E-state index contributed by atoms with van der Waals surface area (Å²) < 4.78 is 5.27. The number of benzene rings is 2. The molecule has 1 aliphatic heterocycles. The normalized spacial score (nSPS) is 17.3. The molecule has 1 atom stereocenters. The molecule has 24 heavy (non-hydrogen) atoms. The lowest BCUT2D eigenvalue weighted by Crippen LogP contribution is -2.34. The minimum absolute atomic E-state index is 0.0857. The SMILES string of the molecule is COc1ccc(Cl)cc1NC1CC(=O)N(c2ccc(C)cc2)C1=O. The average Bonchev–Trinajstić information content (AvgIpc) is 2.83. The Labute approximate surface area is 145 Å². The Bertz CT molecular complexity index is 789. The lowest BCUT2D eigenvalue weighted by molar-refractivity contribution is -0.121. The molecule has 0 aliphatic carbocycles. The highest BCUT2D eigenvalue weighted by Crippen LogP contribution is 2.31. The Balaban J connectivity index is 1.84. The first-order chi connectivity index (χ1) is 11.5. The molecule has 6 heteroatoms. The molecule has 1 saturated heterocycles. The summed E-state index contributed by atoms with van der Waals surface area (Å²) in [4.78, 5) is 26.2. The summed E-state index contributed by atoms with van der Waals surface area (Å²) in [5.74, 6) is 0.0432. The third kappa shape index (κ3) is 3.08. The molecular formula is C18H17ClN2O3. The summed E-state index contributed by atoms with van der Waals surface area (Å²) in [7, 11) is 1.54. The minimum Gasteiger partial charge on any atom is -0.495 e. The van der Waals surface area contributed by atoms with Gasteiger partial charge >= 0.3 is 0 Å². The van der Waals surface area contributed by atoms with Crippen molar-refractivity contribution in [2.75, 3.05) is 17.3 Å². The monoisotopic (exact) mass is 344 g/mol. The minimum atomic E-state index is -0.647. The number of hydrogen-bond acceptors (Lipinski definition) is 4. The second-order valence-electron chi connectivity index (χ2n) is 5.65. The van der Waals surface area contributed by atoms with Crippen LogP contribution < -0.4 is 15.0 Å².